The Bertz CT molecular complexity index is 726. The van der Waals surface area contributed by atoms with E-state index in [-0.39, 0.29) is 5.91 Å². The van der Waals surface area contributed by atoms with E-state index in [0.29, 0.717) is 61.4 Å². The van der Waals surface area contributed by atoms with Gasteiger partial charge in [0.25, 0.3) is 0 Å². The van der Waals surface area contributed by atoms with Crippen molar-refractivity contribution in [1.29, 1.82) is 0 Å². The molecular formula is C16H17ClN4O3. The number of carbonyl (C=O) groups is 2. The number of carbonyl (C=O) groups excluding carboxylic acids is 2. The number of amides is 2. The van der Waals surface area contributed by atoms with E-state index in [9.17, 15) is 9.59 Å². The van der Waals surface area contributed by atoms with Crippen molar-refractivity contribution in [3.63, 3.8) is 0 Å². The number of hydrogen-bond donors (Lipinski definition) is 0. The number of hydrogen-bond acceptors (Lipinski definition) is 5. The highest BCUT2D eigenvalue weighted by Gasteiger charge is 2.20. The summed E-state index contributed by atoms with van der Waals surface area (Å²) in [6.07, 6.45) is 1.49. The standard InChI is InChI=1S/C16H17ClN4O3/c17-13-4-2-1-3-12(13)16-19-18-14(24-16)5-6-15(23)21-9-7-20(11-22)8-10-21/h1-4,11H,5-10H2. The highest BCUT2D eigenvalue weighted by Crippen LogP contribution is 2.26. The zero-order valence-electron chi connectivity index (χ0n) is 13.0. The highest BCUT2D eigenvalue weighted by molar-refractivity contribution is 6.33. The summed E-state index contributed by atoms with van der Waals surface area (Å²) in [6, 6.07) is 7.22. The molecule has 8 heteroatoms. The van der Waals surface area contributed by atoms with Crippen molar-refractivity contribution < 1.29 is 14.0 Å². The third kappa shape index (κ3) is 3.73. The molecule has 0 spiro atoms. The number of rotatable bonds is 5. The minimum Gasteiger partial charge on any atom is -0.421 e. The third-order valence-corrected chi connectivity index (χ3v) is 4.27. The van der Waals surface area contributed by atoms with Crippen LogP contribution in [-0.2, 0) is 16.0 Å². The first-order valence-electron chi connectivity index (χ1n) is 7.72. The molecule has 1 aliphatic rings. The van der Waals surface area contributed by atoms with Crippen LogP contribution in [0, 0.1) is 0 Å². The Morgan fingerprint density at radius 2 is 1.96 bits per heavy atom. The Hall–Kier alpha value is -2.41. The molecule has 2 heterocycles. The number of piperazine rings is 1. The average Bonchev–Trinajstić information content (AvgIpc) is 3.09. The van der Waals surface area contributed by atoms with Crippen LogP contribution in [0.1, 0.15) is 12.3 Å². The largest absolute Gasteiger partial charge is 0.421 e. The van der Waals surface area contributed by atoms with Crippen molar-refractivity contribution >= 4 is 23.9 Å². The molecule has 2 amide bonds. The van der Waals surface area contributed by atoms with Crippen LogP contribution in [-0.4, -0.2) is 58.5 Å². The molecule has 0 N–H and O–H groups in total. The molecule has 1 aromatic carbocycles. The lowest BCUT2D eigenvalue weighted by molar-refractivity contribution is -0.135. The van der Waals surface area contributed by atoms with Crippen molar-refractivity contribution in [3.05, 3.63) is 35.2 Å². The molecule has 1 aliphatic heterocycles. The van der Waals surface area contributed by atoms with Crippen LogP contribution in [0.5, 0.6) is 0 Å². The van der Waals surface area contributed by atoms with Crippen LogP contribution in [0.15, 0.2) is 28.7 Å². The van der Waals surface area contributed by atoms with Crippen molar-refractivity contribution in [2.24, 2.45) is 0 Å². The summed E-state index contributed by atoms with van der Waals surface area (Å²) < 4.78 is 5.59. The van der Waals surface area contributed by atoms with E-state index in [2.05, 4.69) is 10.2 Å². The van der Waals surface area contributed by atoms with Gasteiger partial charge in [-0.25, -0.2) is 0 Å². The van der Waals surface area contributed by atoms with Crippen LogP contribution in [0.25, 0.3) is 11.5 Å². The quantitative estimate of drug-likeness (QED) is 0.767. The summed E-state index contributed by atoms with van der Waals surface area (Å²) in [5.41, 5.74) is 0.675. The summed E-state index contributed by atoms with van der Waals surface area (Å²) in [6.45, 7) is 2.28. The molecule has 0 saturated carbocycles. The maximum atomic E-state index is 12.2. The monoisotopic (exact) mass is 348 g/mol. The van der Waals surface area contributed by atoms with E-state index in [4.69, 9.17) is 16.0 Å². The van der Waals surface area contributed by atoms with Crippen molar-refractivity contribution in [1.82, 2.24) is 20.0 Å². The van der Waals surface area contributed by atoms with Gasteiger partial charge in [-0.2, -0.15) is 0 Å². The molecule has 7 nitrogen and oxygen atoms in total. The second kappa shape index (κ2) is 7.44. The first kappa shape index (κ1) is 16.4. The van der Waals surface area contributed by atoms with Gasteiger partial charge in [0.2, 0.25) is 24.1 Å². The fourth-order valence-electron chi connectivity index (χ4n) is 2.55. The maximum Gasteiger partial charge on any atom is 0.249 e. The van der Waals surface area contributed by atoms with Gasteiger partial charge in [0.05, 0.1) is 10.6 Å². The molecule has 0 radical (unpaired) electrons. The Kier molecular flexibility index (Phi) is 5.10. The zero-order valence-corrected chi connectivity index (χ0v) is 13.8. The molecule has 1 saturated heterocycles. The molecule has 126 valence electrons. The Morgan fingerprint density at radius 3 is 2.67 bits per heavy atom. The molecule has 1 fully saturated rings. The lowest BCUT2D eigenvalue weighted by Gasteiger charge is -2.32. The van der Waals surface area contributed by atoms with Crippen LogP contribution < -0.4 is 0 Å². The average molecular weight is 349 g/mol. The van der Waals surface area contributed by atoms with Gasteiger partial charge in [-0.3, -0.25) is 9.59 Å². The van der Waals surface area contributed by atoms with E-state index in [1.54, 1.807) is 21.9 Å². The van der Waals surface area contributed by atoms with Gasteiger partial charge < -0.3 is 14.2 Å². The fraction of sp³-hybridized carbons (Fsp3) is 0.375. The van der Waals surface area contributed by atoms with Crippen LogP contribution >= 0.6 is 11.6 Å². The first-order valence-corrected chi connectivity index (χ1v) is 8.09. The minimum atomic E-state index is 0.0260. The molecule has 1 aromatic heterocycles. The van der Waals surface area contributed by atoms with Gasteiger partial charge in [0.15, 0.2) is 0 Å². The molecule has 0 aliphatic carbocycles. The van der Waals surface area contributed by atoms with Crippen molar-refractivity contribution in [3.8, 4) is 11.5 Å². The van der Waals surface area contributed by atoms with Gasteiger partial charge in [-0.05, 0) is 12.1 Å². The van der Waals surface area contributed by atoms with E-state index < -0.39 is 0 Å². The van der Waals surface area contributed by atoms with E-state index in [1.165, 1.54) is 0 Å². The summed E-state index contributed by atoms with van der Waals surface area (Å²) in [7, 11) is 0. The smallest absolute Gasteiger partial charge is 0.249 e. The Labute approximate surface area is 144 Å². The lowest BCUT2D eigenvalue weighted by Crippen LogP contribution is -2.48. The predicted octanol–water partition coefficient (Wildman–Crippen LogP) is 1.62. The van der Waals surface area contributed by atoms with Gasteiger partial charge in [0, 0.05) is 39.0 Å². The second-order valence-corrected chi connectivity index (χ2v) is 5.91. The fourth-order valence-corrected chi connectivity index (χ4v) is 2.76. The summed E-state index contributed by atoms with van der Waals surface area (Å²) in [5.74, 6) is 0.783. The number of nitrogens with zero attached hydrogens (tertiary/aromatic N) is 4. The third-order valence-electron chi connectivity index (χ3n) is 3.94. The normalized spacial score (nSPS) is 14.7. The van der Waals surface area contributed by atoms with Crippen LogP contribution in [0.2, 0.25) is 5.02 Å². The molecule has 2 aromatic rings. The van der Waals surface area contributed by atoms with Crippen molar-refractivity contribution in [2.45, 2.75) is 12.8 Å². The van der Waals surface area contributed by atoms with Gasteiger partial charge in [-0.15, -0.1) is 10.2 Å². The topological polar surface area (TPSA) is 79.5 Å². The molecule has 0 bridgehead atoms. The molecule has 24 heavy (non-hydrogen) atoms. The summed E-state index contributed by atoms with van der Waals surface area (Å²) in [5, 5.41) is 8.50. The zero-order chi connectivity index (χ0) is 16.9. The van der Waals surface area contributed by atoms with Crippen molar-refractivity contribution in [2.75, 3.05) is 26.2 Å². The van der Waals surface area contributed by atoms with E-state index in [1.807, 2.05) is 12.1 Å². The minimum absolute atomic E-state index is 0.0260. The predicted molar refractivity (Wildman–Crippen MR) is 87.3 cm³/mol. The van der Waals surface area contributed by atoms with Gasteiger partial charge in [-0.1, -0.05) is 23.7 Å². The lowest BCUT2D eigenvalue weighted by atomic mass is 10.2. The molecular weight excluding hydrogens is 332 g/mol. The summed E-state index contributed by atoms with van der Waals surface area (Å²) in [4.78, 5) is 26.3. The van der Waals surface area contributed by atoms with E-state index >= 15 is 0 Å². The Morgan fingerprint density at radius 1 is 1.21 bits per heavy atom. The molecule has 0 atom stereocenters. The second-order valence-electron chi connectivity index (χ2n) is 5.50. The van der Waals surface area contributed by atoms with Crippen LogP contribution in [0.4, 0.5) is 0 Å². The van der Waals surface area contributed by atoms with Crippen LogP contribution in [0.3, 0.4) is 0 Å². The van der Waals surface area contributed by atoms with Gasteiger partial charge in [0.1, 0.15) is 0 Å². The number of halogens is 1. The highest BCUT2D eigenvalue weighted by atomic mass is 35.5. The molecule has 0 unspecified atom stereocenters. The summed E-state index contributed by atoms with van der Waals surface area (Å²) >= 11 is 6.10. The van der Waals surface area contributed by atoms with Gasteiger partial charge >= 0.3 is 0 Å². The molecule has 3 rings (SSSR count). The SMILES string of the molecule is O=CN1CCN(C(=O)CCc2nnc(-c3ccccc3Cl)o2)CC1. The number of aryl methyl sites for hydroxylation is 1. The first-order chi connectivity index (χ1) is 11.7. The van der Waals surface area contributed by atoms with E-state index in [0.717, 1.165) is 6.41 Å². The Balaban J connectivity index is 1.55. The number of benzene rings is 1. The number of aromatic nitrogens is 2. The maximum absolute atomic E-state index is 12.2.